The number of nitrogens with zero attached hydrogens (tertiary/aromatic N) is 2. The molecule has 2 aromatic carbocycles. The van der Waals surface area contributed by atoms with Crippen molar-refractivity contribution in [3.8, 4) is 0 Å². The first-order valence-corrected chi connectivity index (χ1v) is 10.5. The Labute approximate surface area is 179 Å². The molecule has 2 aromatic rings. The van der Waals surface area contributed by atoms with Gasteiger partial charge in [0.15, 0.2) is 6.10 Å². The molecule has 1 fully saturated rings. The quantitative estimate of drug-likeness (QED) is 0.605. The third-order valence-electron chi connectivity index (χ3n) is 5.49. The zero-order valence-corrected chi connectivity index (χ0v) is 17.3. The zero-order valence-electron chi connectivity index (χ0n) is 15.8. The minimum absolute atomic E-state index is 0.0265. The number of amides is 1. The fraction of sp³-hybridized carbons (Fsp3) is 0.364. The smallest absolute Gasteiger partial charge is 0.226 e. The number of hydrogen-bond donors (Lipinski definition) is 0. The molecule has 1 aliphatic heterocycles. The molecule has 4 nitrogen and oxygen atoms in total. The molecule has 1 heterocycles. The summed E-state index contributed by atoms with van der Waals surface area (Å²) in [5, 5.41) is 5.11. The van der Waals surface area contributed by atoms with E-state index in [1.807, 2.05) is 6.07 Å². The van der Waals surface area contributed by atoms with Crippen LogP contribution < -0.4 is 0 Å². The lowest BCUT2D eigenvalue weighted by Gasteiger charge is -2.32. The van der Waals surface area contributed by atoms with E-state index in [2.05, 4.69) is 5.16 Å². The molecule has 2 aliphatic rings. The number of carbonyl (C=O) groups is 1. The van der Waals surface area contributed by atoms with Gasteiger partial charge in [0, 0.05) is 30.0 Å². The van der Waals surface area contributed by atoms with E-state index in [1.165, 1.54) is 6.07 Å². The van der Waals surface area contributed by atoms with Crippen molar-refractivity contribution in [2.45, 2.75) is 38.3 Å². The van der Waals surface area contributed by atoms with Gasteiger partial charge in [-0.1, -0.05) is 59.0 Å². The van der Waals surface area contributed by atoms with E-state index in [0.717, 1.165) is 30.5 Å². The van der Waals surface area contributed by atoms with Gasteiger partial charge in [0.25, 0.3) is 0 Å². The van der Waals surface area contributed by atoms with Crippen LogP contribution in [0.4, 0.5) is 4.39 Å². The number of hydrogen-bond acceptors (Lipinski definition) is 3. The van der Waals surface area contributed by atoms with Gasteiger partial charge in [-0.15, -0.1) is 0 Å². The van der Waals surface area contributed by atoms with Gasteiger partial charge in [0.05, 0.1) is 22.3 Å². The molecule has 0 spiro atoms. The predicted molar refractivity (Wildman–Crippen MR) is 112 cm³/mol. The van der Waals surface area contributed by atoms with E-state index in [0.29, 0.717) is 28.6 Å². The molecule has 7 heteroatoms. The van der Waals surface area contributed by atoms with E-state index in [9.17, 15) is 9.18 Å². The molecule has 0 saturated heterocycles. The molecule has 4 rings (SSSR count). The Bertz CT molecular complexity index is 946. The number of oxime groups is 1. The fourth-order valence-corrected chi connectivity index (χ4v) is 3.89. The second kappa shape index (κ2) is 8.72. The molecule has 152 valence electrons. The van der Waals surface area contributed by atoms with E-state index in [1.54, 1.807) is 35.2 Å². The van der Waals surface area contributed by atoms with Crippen molar-refractivity contribution in [3.63, 3.8) is 0 Å². The van der Waals surface area contributed by atoms with Crippen LogP contribution in [0.25, 0.3) is 0 Å². The van der Waals surface area contributed by atoms with Crippen LogP contribution in [-0.4, -0.2) is 29.2 Å². The highest BCUT2D eigenvalue weighted by Crippen LogP contribution is 2.30. The molecule has 0 bridgehead atoms. The van der Waals surface area contributed by atoms with Crippen molar-refractivity contribution in [2.24, 2.45) is 11.1 Å². The third kappa shape index (κ3) is 4.57. The van der Waals surface area contributed by atoms with E-state index in [4.69, 9.17) is 28.0 Å². The Morgan fingerprint density at radius 2 is 1.97 bits per heavy atom. The van der Waals surface area contributed by atoms with Gasteiger partial charge in [-0.25, -0.2) is 4.39 Å². The van der Waals surface area contributed by atoms with Gasteiger partial charge in [-0.05, 0) is 31.0 Å². The summed E-state index contributed by atoms with van der Waals surface area (Å²) in [7, 11) is 0. The van der Waals surface area contributed by atoms with Crippen molar-refractivity contribution >= 4 is 34.8 Å². The van der Waals surface area contributed by atoms with E-state index in [-0.39, 0.29) is 30.3 Å². The minimum atomic E-state index is -0.306. The Balaban J connectivity index is 1.46. The predicted octanol–water partition coefficient (Wildman–Crippen LogP) is 5.45. The Kier molecular flexibility index (Phi) is 6.07. The molecule has 1 amide bonds. The molecule has 1 saturated carbocycles. The summed E-state index contributed by atoms with van der Waals surface area (Å²) < 4.78 is 14.2. The highest BCUT2D eigenvalue weighted by molar-refractivity contribution is 6.42. The normalized spacial score (nSPS) is 18.7. The lowest BCUT2D eigenvalue weighted by atomic mass is 9.84. The van der Waals surface area contributed by atoms with Gasteiger partial charge in [0.1, 0.15) is 5.82 Å². The lowest BCUT2D eigenvalue weighted by molar-refractivity contribution is -0.140. The van der Waals surface area contributed by atoms with Crippen molar-refractivity contribution < 1.29 is 14.0 Å². The topological polar surface area (TPSA) is 41.9 Å². The van der Waals surface area contributed by atoms with Crippen LogP contribution in [-0.2, 0) is 16.2 Å². The summed E-state index contributed by atoms with van der Waals surface area (Å²) in [5.41, 5.74) is 2.10. The van der Waals surface area contributed by atoms with Crippen LogP contribution in [0.1, 0.15) is 36.8 Å². The highest BCUT2D eigenvalue weighted by Gasteiger charge is 2.33. The van der Waals surface area contributed by atoms with E-state index >= 15 is 0 Å². The summed E-state index contributed by atoms with van der Waals surface area (Å²) in [5.74, 6) is -0.219. The summed E-state index contributed by atoms with van der Waals surface area (Å²) >= 11 is 12.1. The second-order valence-electron chi connectivity index (χ2n) is 7.54. The maximum atomic E-state index is 14.2. The van der Waals surface area contributed by atoms with Crippen LogP contribution in [0.3, 0.4) is 0 Å². The first-order valence-electron chi connectivity index (χ1n) is 9.71. The third-order valence-corrected chi connectivity index (χ3v) is 6.23. The van der Waals surface area contributed by atoms with Crippen LogP contribution in [0, 0.1) is 11.7 Å². The van der Waals surface area contributed by atoms with Gasteiger partial charge < -0.3 is 9.74 Å². The van der Waals surface area contributed by atoms with Crippen molar-refractivity contribution in [3.05, 3.63) is 69.5 Å². The van der Waals surface area contributed by atoms with Crippen LogP contribution >= 0.6 is 23.2 Å². The standard InChI is InChI=1S/C22H21Cl2FN2O2/c23-18-9-8-15(10-19(18)24)21-11-17(29-26-21)13-27(22(28)14-5-3-6-14)12-16-4-1-2-7-20(16)25/h1-2,4,7-10,14,17H,3,5-6,11-13H2. The molecular weight excluding hydrogens is 414 g/mol. The molecule has 1 aliphatic carbocycles. The number of carbonyl (C=O) groups excluding carboxylic acids is 1. The van der Waals surface area contributed by atoms with Crippen molar-refractivity contribution in [2.75, 3.05) is 6.54 Å². The lowest BCUT2D eigenvalue weighted by Crippen LogP contribution is -2.42. The summed E-state index contributed by atoms with van der Waals surface area (Å²) in [6.45, 7) is 0.585. The average molecular weight is 435 g/mol. The van der Waals surface area contributed by atoms with Gasteiger partial charge in [-0.3, -0.25) is 4.79 Å². The number of benzene rings is 2. The molecule has 1 atom stereocenters. The summed E-state index contributed by atoms with van der Waals surface area (Å²) in [4.78, 5) is 20.2. The van der Waals surface area contributed by atoms with Crippen molar-refractivity contribution in [1.29, 1.82) is 0 Å². The molecule has 0 N–H and O–H groups in total. The molecular formula is C22H21Cl2FN2O2. The molecule has 29 heavy (non-hydrogen) atoms. The highest BCUT2D eigenvalue weighted by atomic mass is 35.5. The molecule has 0 aromatic heterocycles. The van der Waals surface area contributed by atoms with Gasteiger partial charge >= 0.3 is 0 Å². The van der Waals surface area contributed by atoms with Gasteiger partial charge in [-0.2, -0.15) is 0 Å². The molecule has 1 unspecified atom stereocenters. The van der Waals surface area contributed by atoms with Crippen molar-refractivity contribution in [1.82, 2.24) is 4.90 Å². The first kappa shape index (κ1) is 20.2. The number of halogens is 3. The minimum Gasteiger partial charge on any atom is -0.390 e. The Morgan fingerprint density at radius 1 is 1.17 bits per heavy atom. The maximum Gasteiger partial charge on any atom is 0.226 e. The Morgan fingerprint density at radius 3 is 2.66 bits per heavy atom. The van der Waals surface area contributed by atoms with E-state index < -0.39 is 0 Å². The number of rotatable bonds is 6. The van der Waals surface area contributed by atoms with Crippen LogP contribution in [0.2, 0.25) is 10.0 Å². The Hall–Kier alpha value is -2.11. The largest absolute Gasteiger partial charge is 0.390 e. The maximum absolute atomic E-state index is 14.2. The van der Waals surface area contributed by atoms with Crippen LogP contribution in [0.15, 0.2) is 47.6 Å². The van der Waals surface area contributed by atoms with Gasteiger partial charge in [0.2, 0.25) is 5.91 Å². The fourth-order valence-electron chi connectivity index (χ4n) is 3.60. The van der Waals surface area contributed by atoms with Crippen LogP contribution in [0.5, 0.6) is 0 Å². The SMILES string of the molecule is O=C(C1CCC1)N(Cc1ccccc1F)CC1CC(c2ccc(Cl)c(Cl)c2)=NO1. The average Bonchev–Trinajstić information content (AvgIpc) is 3.12. The molecule has 0 radical (unpaired) electrons. The summed E-state index contributed by atoms with van der Waals surface area (Å²) in [6.07, 6.45) is 3.11. The first-order chi connectivity index (χ1) is 14.0. The zero-order chi connectivity index (χ0) is 20.4. The summed E-state index contributed by atoms with van der Waals surface area (Å²) in [6, 6.07) is 11.9. The second-order valence-corrected chi connectivity index (χ2v) is 8.35. The monoisotopic (exact) mass is 434 g/mol.